The van der Waals surface area contributed by atoms with Crippen LogP contribution in [0.25, 0.3) is 0 Å². The van der Waals surface area contributed by atoms with Gasteiger partial charge in [0.2, 0.25) is 11.6 Å². The minimum absolute atomic E-state index is 0. The molecule has 3 amide bonds. The fourth-order valence-corrected chi connectivity index (χ4v) is 4.49. The van der Waals surface area contributed by atoms with Crippen molar-refractivity contribution in [1.29, 1.82) is 0 Å². The Morgan fingerprint density at radius 2 is 1.29 bits per heavy atom. The number of alkyl carbamates (subject to hydrolysis) is 1. The molecule has 0 aliphatic carbocycles. The number of aryl methyl sites for hydroxylation is 1. The number of imide groups is 1. The van der Waals surface area contributed by atoms with Crippen molar-refractivity contribution in [2.45, 2.75) is 117 Å². The summed E-state index contributed by atoms with van der Waals surface area (Å²) in [6.45, 7) is 4.76. The maximum absolute atomic E-state index is 12.3. The molecule has 0 spiro atoms. The number of carbonyl (C=O) groups excluding carboxylic acids is 3. The molecule has 0 atom stereocenters. The molecule has 1 aromatic heterocycles. The van der Waals surface area contributed by atoms with Crippen LogP contribution >= 0.6 is 0 Å². The molecule has 1 rings (SSSR count). The first kappa shape index (κ1) is 40.1. The first-order valence-corrected chi connectivity index (χ1v) is 15.8. The number of hydrogen-bond donors (Lipinski definition) is 1. The van der Waals surface area contributed by atoms with Crippen molar-refractivity contribution < 1.29 is 57.1 Å². The number of hydrogen-bond acceptors (Lipinski definition) is 6. The normalized spacial score (nSPS) is 10.5. The third-order valence-electron chi connectivity index (χ3n) is 7.05. The highest BCUT2D eigenvalue weighted by Crippen LogP contribution is 2.13. The highest BCUT2D eigenvalue weighted by Gasteiger charge is 2.23. The summed E-state index contributed by atoms with van der Waals surface area (Å²) in [5.74, 6) is -0.400. The topological polar surface area (TPSA) is 98.1 Å². The van der Waals surface area contributed by atoms with Crippen LogP contribution in [0.3, 0.4) is 0 Å². The Kier molecular flexibility index (Phi) is 26.6. The summed E-state index contributed by atoms with van der Waals surface area (Å²) in [6.07, 6.45) is 20.4. The number of amides is 3. The van der Waals surface area contributed by atoms with Crippen LogP contribution in [0.2, 0.25) is 0 Å². The summed E-state index contributed by atoms with van der Waals surface area (Å²) in [6, 6.07) is 5.55. The molecule has 9 nitrogen and oxygen atoms in total. The molecule has 10 heteroatoms. The average Bonchev–Trinajstić information content (AvgIpc) is 2.95. The molecule has 42 heavy (non-hydrogen) atoms. The van der Waals surface area contributed by atoms with Crippen molar-refractivity contribution in [1.82, 2.24) is 10.2 Å². The minimum atomic E-state index is -0.723. The second-order valence-electron chi connectivity index (χ2n) is 10.6. The SMILES string of the molecule is CCCCCCCCCCCCCCCCCNC(=O)OCCOCCOC(=O)N(Cc1cccc[n+]1C)C(C)=O.[I-]. The largest absolute Gasteiger partial charge is 1.00 e. The molecule has 1 heterocycles. The summed E-state index contributed by atoms with van der Waals surface area (Å²) < 4.78 is 17.5. The van der Waals surface area contributed by atoms with E-state index in [4.69, 9.17) is 14.2 Å². The zero-order valence-electron chi connectivity index (χ0n) is 26.4. The van der Waals surface area contributed by atoms with Crippen LogP contribution in [0.1, 0.15) is 116 Å². The Balaban J connectivity index is 0.0000168. The Morgan fingerprint density at radius 3 is 1.81 bits per heavy atom. The smallest absolute Gasteiger partial charge is 0.417 e. The maximum Gasteiger partial charge on any atom is 0.417 e. The second-order valence-corrected chi connectivity index (χ2v) is 10.6. The number of rotatable bonds is 24. The van der Waals surface area contributed by atoms with Gasteiger partial charge in [-0.25, -0.2) is 19.1 Å². The first-order valence-electron chi connectivity index (χ1n) is 15.8. The van der Waals surface area contributed by atoms with E-state index in [-0.39, 0.29) is 56.9 Å². The average molecular weight is 706 g/mol. The molecule has 1 aromatic rings. The van der Waals surface area contributed by atoms with Crippen LogP contribution in [0.5, 0.6) is 0 Å². The van der Waals surface area contributed by atoms with Gasteiger partial charge in [-0.05, 0) is 6.42 Å². The van der Waals surface area contributed by atoms with E-state index < -0.39 is 18.1 Å². The molecular formula is C32H56IN3O6. The van der Waals surface area contributed by atoms with Crippen LogP contribution in [0.15, 0.2) is 24.4 Å². The summed E-state index contributed by atoms with van der Waals surface area (Å²) in [5.41, 5.74) is 0.797. The number of halogens is 1. The number of carbonyl (C=O) groups is 3. The van der Waals surface area contributed by atoms with Crippen molar-refractivity contribution in [3.63, 3.8) is 0 Å². The van der Waals surface area contributed by atoms with Gasteiger partial charge < -0.3 is 43.5 Å². The lowest BCUT2D eigenvalue weighted by atomic mass is 10.0. The summed E-state index contributed by atoms with van der Waals surface area (Å²) in [4.78, 5) is 37.0. The van der Waals surface area contributed by atoms with E-state index in [1.54, 1.807) is 0 Å². The Bertz CT molecular complexity index is 842. The molecule has 0 aliphatic heterocycles. The molecule has 0 unspecified atom stereocenters. The minimum Gasteiger partial charge on any atom is -1.00 e. The van der Waals surface area contributed by atoms with E-state index in [9.17, 15) is 14.4 Å². The zero-order valence-corrected chi connectivity index (χ0v) is 28.5. The van der Waals surface area contributed by atoms with E-state index in [1.807, 2.05) is 36.0 Å². The highest BCUT2D eigenvalue weighted by molar-refractivity contribution is 5.90. The Labute approximate surface area is 271 Å². The molecule has 242 valence electrons. The number of ether oxygens (including phenoxy) is 3. The molecule has 0 saturated heterocycles. The molecule has 0 aromatic carbocycles. The lowest BCUT2D eigenvalue weighted by molar-refractivity contribution is -0.679. The third-order valence-corrected chi connectivity index (χ3v) is 7.05. The number of nitrogens with one attached hydrogen (secondary N) is 1. The van der Waals surface area contributed by atoms with Gasteiger partial charge in [0.1, 0.15) is 26.8 Å². The van der Waals surface area contributed by atoms with E-state index in [1.165, 1.54) is 90.4 Å². The second kappa shape index (κ2) is 27.9. The molecular weight excluding hydrogens is 649 g/mol. The lowest BCUT2D eigenvalue weighted by Crippen LogP contribution is -3.00. The van der Waals surface area contributed by atoms with Crippen LogP contribution in [0, 0.1) is 0 Å². The van der Waals surface area contributed by atoms with E-state index in [0.717, 1.165) is 23.4 Å². The van der Waals surface area contributed by atoms with Crippen LogP contribution < -0.4 is 33.9 Å². The van der Waals surface area contributed by atoms with E-state index in [0.29, 0.717) is 6.54 Å². The van der Waals surface area contributed by atoms with Gasteiger partial charge in [-0.3, -0.25) is 4.79 Å². The third kappa shape index (κ3) is 21.7. The molecule has 0 bridgehead atoms. The van der Waals surface area contributed by atoms with Gasteiger partial charge >= 0.3 is 12.2 Å². The fraction of sp³-hybridized carbons (Fsp3) is 0.750. The lowest BCUT2D eigenvalue weighted by Gasteiger charge is -2.17. The van der Waals surface area contributed by atoms with Gasteiger partial charge in [-0.1, -0.05) is 103 Å². The summed E-state index contributed by atoms with van der Waals surface area (Å²) in [5, 5.41) is 2.77. The van der Waals surface area contributed by atoms with Crippen LogP contribution in [-0.2, 0) is 32.6 Å². The van der Waals surface area contributed by atoms with Crippen molar-refractivity contribution in [2.75, 3.05) is 33.0 Å². The van der Waals surface area contributed by atoms with Gasteiger partial charge in [0.15, 0.2) is 6.20 Å². The van der Waals surface area contributed by atoms with Gasteiger partial charge in [0, 0.05) is 25.6 Å². The molecule has 0 fully saturated rings. The standard InChI is InChI=1S/C32H55N3O6.HI/c1-4-5-6-7-8-9-10-11-12-13-14-15-16-17-19-22-33-31(37)40-26-24-39-25-27-41-32(38)35(29(2)36)28-30-21-18-20-23-34(30)3;/h18,20-21,23H,4-17,19,22,24-28H2,1-3H3;1H. The van der Waals surface area contributed by atoms with Gasteiger partial charge in [-0.15, -0.1) is 0 Å². The van der Waals surface area contributed by atoms with Crippen molar-refractivity contribution >= 4 is 18.1 Å². The fourth-order valence-electron chi connectivity index (χ4n) is 4.49. The summed E-state index contributed by atoms with van der Waals surface area (Å²) >= 11 is 0. The number of pyridine rings is 1. The number of nitrogens with zero attached hydrogens (tertiary/aromatic N) is 2. The van der Waals surface area contributed by atoms with Gasteiger partial charge in [-0.2, -0.15) is 0 Å². The van der Waals surface area contributed by atoms with Gasteiger partial charge in [0.25, 0.3) is 0 Å². The maximum atomic E-state index is 12.3. The van der Waals surface area contributed by atoms with Crippen molar-refractivity contribution in [3.05, 3.63) is 30.1 Å². The van der Waals surface area contributed by atoms with Crippen molar-refractivity contribution in [2.24, 2.45) is 7.05 Å². The predicted molar refractivity (Wildman–Crippen MR) is 160 cm³/mol. The Hall–Kier alpha value is -1.95. The molecule has 0 radical (unpaired) electrons. The number of aromatic nitrogens is 1. The van der Waals surface area contributed by atoms with Gasteiger partial charge in [0.05, 0.1) is 13.2 Å². The van der Waals surface area contributed by atoms with Crippen molar-refractivity contribution in [3.8, 4) is 0 Å². The first-order chi connectivity index (χ1) is 20.0. The monoisotopic (exact) mass is 705 g/mol. The highest BCUT2D eigenvalue weighted by atomic mass is 127. The zero-order chi connectivity index (χ0) is 30.0. The molecule has 0 aliphatic rings. The summed E-state index contributed by atoms with van der Waals surface area (Å²) in [7, 11) is 1.84. The molecule has 1 N–H and O–H groups in total. The van der Waals surface area contributed by atoms with E-state index in [2.05, 4.69) is 12.2 Å². The van der Waals surface area contributed by atoms with Crippen LogP contribution in [-0.4, -0.2) is 56.0 Å². The molecule has 0 saturated carbocycles. The predicted octanol–water partition coefficient (Wildman–Crippen LogP) is 3.61. The number of unbranched alkanes of at least 4 members (excludes halogenated alkanes) is 14. The Morgan fingerprint density at radius 1 is 0.762 bits per heavy atom. The van der Waals surface area contributed by atoms with E-state index >= 15 is 0 Å². The van der Waals surface area contributed by atoms with Crippen LogP contribution in [0.4, 0.5) is 9.59 Å². The quantitative estimate of drug-likeness (QED) is 0.100.